The zero-order valence-electron chi connectivity index (χ0n) is 11.3. The maximum Gasteiger partial charge on any atom is 0.224 e. The van der Waals surface area contributed by atoms with Gasteiger partial charge in [-0.2, -0.15) is 0 Å². The van der Waals surface area contributed by atoms with E-state index < -0.39 is 0 Å². The molecule has 18 heavy (non-hydrogen) atoms. The number of hydrogen-bond acceptors (Lipinski definition) is 3. The van der Waals surface area contributed by atoms with Crippen LogP contribution in [0.15, 0.2) is 18.2 Å². The fraction of sp³-hybridized carbons (Fsp3) is 0.500. The van der Waals surface area contributed by atoms with Gasteiger partial charge in [-0.1, -0.05) is 19.9 Å². The van der Waals surface area contributed by atoms with Crippen LogP contribution in [0.3, 0.4) is 0 Å². The van der Waals surface area contributed by atoms with Crippen LogP contribution in [0.4, 0.5) is 5.69 Å². The normalized spacial score (nSPS) is 12.0. The summed E-state index contributed by atoms with van der Waals surface area (Å²) in [6.45, 7) is 4.54. The Bertz CT molecular complexity index is 405. The maximum atomic E-state index is 11.8. The summed E-state index contributed by atoms with van der Waals surface area (Å²) in [5.74, 6) is 0.839. The van der Waals surface area contributed by atoms with Crippen LogP contribution in [-0.2, 0) is 11.2 Å². The van der Waals surface area contributed by atoms with Crippen molar-refractivity contribution in [3.05, 3.63) is 23.8 Å². The van der Waals surface area contributed by atoms with Crippen LogP contribution in [0.5, 0.6) is 5.75 Å². The van der Waals surface area contributed by atoms with Crippen LogP contribution in [-0.4, -0.2) is 19.6 Å². The van der Waals surface area contributed by atoms with Gasteiger partial charge in [0.25, 0.3) is 0 Å². The molecule has 1 aromatic carbocycles. The van der Waals surface area contributed by atoms with Crippen molar-refractivity contribution in [2.75, 3.05) is 19.0 Å². The summed E-state index contributed by atoms with van der Waals surface area (Å²) in [5, 5.41) is 2.88. The highest BCUT2D eigenvalue weighted by atomic mass is 16.5. The highest BCUT2D eigenvalue weighted by Crippen LogP contribution is 2.26. The summed E-state index contributed by atoms with van der Waals surface area (Å²) >= 11 is 0. The number of benzene rings is 1. The van der Waals surface area contributed by atoms with Gasteiger partial charge in [-0.3, -0.25) is 4.79 Å². The van der Waals surface area contributed by atoms with Crippen LogP contribution in [0, 0.1) is 5.92 Å². The molecule has 0 bridgehead atoms. The lowest BCUT2D eigenvalue weighted by atomic mass is 10.1. The molecule has 4 nitrogen and oxygen atoms in total. The first kappa shape index (κ1) is 14.5. The van der Waals surface area contributed by atoms with E-state index in [2.05, 4.69) is 12.2 Å². The molecule has 0 aliphatic rings. The van der Waals surface area contributed by atoms with Crippen molar-refractivity contribution < 1.29 is 9.53 Å². The molecule has 4 heteroatoms. The first-order valence-corrected chi connectivity index (χ1v) is 6.27. The second-order valence-electron chi connectivity index (χ2n) is 4.48. The molecule has 0 saturated heterocycles. The molecule has 3 N–H and O–H groups in total. The van der Waals surface area contributed by atoms with Crippen LogP contribution < -0.4 is 15.8 Å². The number of nitrogens with one attached hydrogen (secondary N) is 1. The fourth-order valence-electron chi connectivity index (χ4n) is 1.67. The molecule has 1 amide bonds. The van der Waals surface area contributed by atoms with E-state index in [9.17, 15) is 4.79 Å². The van der Waals surface area contributed by atoms with Crippen molar-refractivity contribution in [2.45, 2.75) is 26.7 Å². The number of ether oxygens (including phenoxy) is 1. The highest BCUT2D eigenvalue weighted by molar-refractivity contribution is 5.92. The van der Waals surface area contributed by atoms with Gasteiger partial charge in [0, 0.05) is 6.42 Å². The first-order valence-electron chi connectivity index (χ1n) is 6.27. The molecule has 100 valence electrons. The van der Waals surface area contributed by atoms with Gasteiger partial charge in [0.1, 0.15) is 5.75 Å². The Morgan fingerprint density at radius 2 is 2.22 bits per heavy atom. The second-order valence-corrected chi connectivity index (χ2v) is 4.48. The Morgan fingerprint density at radius 3 is 2.78 bits per heavy atom. The van der Waals surface area contributed by atoms with Crippen molar-refractivity contribution in [2.24, 2.45) is 11.7 Å². The smallest absolute Gasteiger partial charge is 0.224 e. The van der Waals surface area contributed by atoms with Gasteiger partial charge in [0.2, 0.25) is 5.91 Å². The predicted molar refractivity (Wildman–Crippen MR) is 73.8 cm³/mol. The average Bonchev–Trinajstić information content (AvgIpc) is 2.38. The standard InChI is InChI=1S/C14H22N2O2/c1-4-11-5-6-13(18-3)12(8-11)16-14(17)7-10(2)9-15/h5-6,8,10H,4,7,9,15H2,1-3H3,(H,16,17). The van der Waals surface area contributed by atoms with Gasteiger partial charge in [0.15, 0.2) is 0 Å². The fourth-order valence-corrected chi connectivity index (χ4v) is 1.67. The molecule has 0 saturated carbocycles. The van der Waals surface area contributed by atoms with E-state index in [4.69, 9.17) is 10.5 Å². The summed E-state index contributed by atoms with van der Waals surface area (Å²) in [7, 11) is 1.60. The number of carbonyl (C=O) groups is 1. The lowest BCUT2D eigenvalue weighted by molar-refractivity contribution is -0.116. The molecular formula is C14H22N2O2. The molecule has 0 aliphatic heterocycles. The van der Waals surface area contributed by atoms with Gasteiger partial charge in [-0.25, -0.2) is 0 Å². The lowest BCUT2D eigenvalue weighted by Crippen LogP contribution is -2.20. The van der Waals surface area contributed by atoms with Gasteiger partial charge in [0.05, 0.1) is 12.8 Å². The molecule has 0 heterocycles. The quantitative estimate of drug-likeness (QED) is 0.813. The second kappa shape index (κ2) is 7.01. The molecule has 1 unspecified atom stereocenters. The number of hydrogen-bond donors (Lipinski definition) is 2. The molecule has 0 aliphatic carbocycles. The lowest BCUT2D eigenvalue weighted by Gasteiger charge is -2.13. The van der Waals surface area contributed by atoms with E-state index in [0.29, 0.717) is 18.7 Å². The third-order valence-corrected chi connectivity index (χ3v) is 2.88. The van der Waals surface area contributed by atoms with Crippen molar-refractivity contribution in [1.82, 2.24) is 0 Å². The summed E-state index contributed by atoms with van der Waals surface area (Å²) in [4.78, 5) is 11.8. The monoisotopic (exact) mass is 250 g/mol. The molecule has 0 spiro atoms. The largest absolute Gasteiger partial charge is 0.495 e. The number of amides is 1. The van der Waals surface area contributed by atoms with Crippen LogP contribution in [0.1, 0.15) is 25.8 Å². The minimum atomic E-state index is -0.0282. The van der Waals surface area contributed by atoms with Gasteiger partial charge < -0.3 is 15.8 Å². The van der Waals surface area contributed by atoms with Crippen LogP contribution in [0.25, 0.3) is 0 Å². The summed E-state index contributed by atoms with van der Waals surface area (Å²) in [6.07, 6.45) is 1.35. The molecule has 0 radical (unpaired) electrons. The van der Waals surface area contributed by atoms with Gasteiger partial charge in [-0.15, -0.1) is 0 Å². The molecule has 1 rings (SSSR count). The van der Waals surface area contributed by atoms with E-state index in [1.165, 1.54) is 0 Å². The molecule has 0 fully saturated rings. The van der Waals surface area contributed by atoms with Crippen molar-refractivity contribution in [3.63, 3.8) is 0 Å². The van der Waals surface area contributed by atoms with E-state index >= 15 is 0 Å². The number of nitrogens with two attached hydrogens (primary N) is 1. The van der Waals surface area contributed by atoms with Crippen LogP contribution in [0.2, 0.25) is 0 Å². The Hall–Kier alpha value is -1.55. The maximum absolute atomic E-state index is 11.8. The van der Waals surface area contributed by atoms with Crippen LogP contribution >= 0.6 is 0 Å². The van der Waals surface area contributed by atoms with Crippen molar-refractivity contribution in [1.29, 1.82) is 0 Å². The first-order chi connectivity index (χ1) is 8.60. The van der Waals surface area contributed by atoms with E-state index in [1.807, 2.05) is 25.1 Å². The molecule has 1 aromatic rings. The van der Waals surface area contributed by atoms with Crippen molar-refractivity contribution >= 4 is 11.6 Å². The summed E-state index contributed by atoms with van der Waals surface area (Å²) in [6, 6.07) is 5.82. The topological polar surface area (TPSA) is 64.3 Å². The minimum Gasteiger partial charge on any atom is -0.495 e. The Labute approximate surface area is 109 Å². The summed E-state index contributed by atoms with van der Waals surface area (Å²) < 4.78 is 5.24. The van der Waals surface area contributed by atoms with Gasteiger partial charge >= 0.3 is 0 Å². The number of aryl methyl sites for hydroxylation is 1. The average molecular weight is 250 g/mol. The third-order valence-electron chi connectivity index (χ3n) is 2.88. The predicted octanol–water partition coefficient (Wildman–Crippen LogP) is 2.18. The molecular weight excluding hydrogens is 228 g/mol. The minimum absolute atomic E-state index is 0.0282. The Kier molecular flexibility index (Phi) is 5.65. The summed E-state index contributed by atoms with van der Waals surface area (Å²) in [5.41, 5.74) is 7.40. The van der Waals surface area contributed by atoms with E-state index in [1.54, 1.807) is 7.11 Å². The van der Waals surface area contributed by atoms with Crippen molar-refractivity contribution in [3.8, 4) is 5.75 Å². The highest BCUT2D eigenvalue weighted by Gasteiger charge is 2.11. The number of rotatable bonds is 6. The third kappa shape index (κ3) is 4.04. The van der Waals surface area contributed by atoms with E-state index in [-0.39, 0.29) is 11.8 Å². The Morgan fingerprint density at radius 1 is 1.50 bits per heavy atom. The zero-order chi connectivity index (χ0) is 13.5. The Balaban J connectivity index is 2.78. The number of carbonyl (C=O) groups excluding carboxylic acids is 1. The number of anilines is 1. The molecule has 1 atom stereocenters. The SMILES string of the molecule is CCc1ccc(OC)c(NC(=O)CC(C)CN)c1. The zero-order valence-corrected chi connectivity index (χ0v) is 11.3. The number of methoxy groups -OCH3 is 1. The van der Waals surface area contributed by atoms with E-state index in [0.717, 1.165) is 17.7 Å². The van der Waals surface area contributed by atoms with Gasteiger partial charge in [-0.05, 0) is 36.6 Å². The molecule has 0 aromatic heterocycles.